The van der Waals surface area contributed by atoms with E-state index in [1.165, 1.54) is 0 Å². The van der Waals surface area contributed by atoms with Crippen LogP contribution in [0, 0.1) is 12.3 Å². The van der Waals surface area contributed by atoms with Crippen molar-refractivity contribution in [3.8, 4) is 18.1 Å². The number of hydrogen-bond acceptors (Lipinski definition) is 2. The molecule has 0 heterocycles. The van der Waals surface area contributed by atoms with Gasteiger partial charge in [0.05, 0.1) is 13.2 Å². The molecule has 0 aliphatic carbocycles. The minimum Gasteiger partial charge on any atom is -0.493 e. The molecule has 2 nitrogen and oxygen atoms in total. The van der Waals surface area contributed by atoms with Crippen LogP contribution >= 0.6 is 15.9 Å². The van der Waals surface area contributed by atoms with Crippen LogP contribution in [-0.4, -0.2) is 13.2 Å². The molecule has 1 rings (SSSR count). The van der Waals surface area contributed by atoms with Crippen LogP contribution in [-0.2, 0) is 6.54 Å². The molecule has 0 radical (unpaired) electrons. The summed E-state index contributed by atoms with van der Waals surface area (Å²) in [5, 5.41) is 3.16. The van der Waals surface area contributed by atoms with Gasteiger partial charge in [0, 0.05) is 16.6 Å². The first-order valence-electron chi connectivity index (χ1n) is 5.33. The highest BCUT2D eigenvalue weighted by atomic mass is 79.9. The quantitative estimate of drug-likeness (QED) is 0.640. The van der Waals surface area contributed by atoms with Crippen molar-refractivity contribution in [1.82, 2.24) is 5.32 Å². The van der Waals surface area contributed by atoms with Crippen molar-refractivity contribution in [2.45, 2.75) is 19.9 Å². The number of terminal acetylenes is 1. The van der Waals surface area contributed by atoms with Crippen molar-refractivity contribution in [3.63, 3.8) is 0 Å². The Bertz CT molecular complexity index is 371. The molecule has 0 aromatic heterocycles. The predicted octanol–water partition coefficient (Wildman–Crippen LogP) is 2.96. The SMILES string of the molecule is C#CCNCc1cc(Br)ccc1OCCC. The maximum atomic E-state index is 5.66. The van der Waals surface area contributed by atoms with Crippen LogP contribution < -0.4 is 10.1 Å². The van der Waals surface area contributed by atoms with Crippen LogP contribution in [0.4, 0.5) is 0 Å². The fraction of sp³-hybridized carbons (Fsp3) is 0.385. The summed E-state index contributed by atoms with van der Waals surface area (Å²) in [5.74, 6) is 3.48. The molecule has 0 spiro atoms. The molecule has 0 saturated heterocycles. The normalized spacial score (nSPS) is 9.81. The lowest BCUT2D eigenvalue weighted by atomic mass is 10.2. The molecule has 1 aromatic carbocycles. The maximum absolute atomic E-state index is 5.66. The molecular formula is C13H16BrNO. The summed E-state index contributed by atoms with van der Waals surface area (Å²) in [4.78, 5) is 0. The lowest BCUT2D eigenvalue weighted by Gasteiger charge is -2.11. The highest BCUT2D eigenvalue weighted by molar-refractivity contribution is 9.10. The van der Waals surface area contributed by atoms with E-state index in [4.69, 9.17) is 11.2 Å². The van der Waals surface area contributed by atoms with Crippen LogP contribution in [0.5, 0.6) is 5.75 Å². The topological polar surface area (TPSA) is 21.3 Å². The van der Waals surface area contributed by atoms with Gasteiger partial charge in [0.1, 0.15) is 5.75 Å². The van der Waals surface area contributed by atoms with Gasteiger partial charge in [-0.05, 0) is 24.6 Å². The molecule has 0 saturated carbocycles. The second-order valence-electron chi connectivity index (χ2n) is 3.41. The molecule has 86 valence electrons. The Morgan fingerprint density at radius 3 is 3.00 bits per heavy atom. The number of hydrogen-bond donors (Lipinski definition) is 1. The largest absolute Gasteiger partial charge is 0.493 e. The van der Waals surface area contributed by atoms with Gasteiger partial charge < -0.3 is 10.1 Å². The van der Waals surface area contributed by atoms with E-state index in [2.05, 4.69) is 40.2 Å². The van der Waals surface area contributed by atoms with Gasteiger partial charge in [-0.1, -0.05) is 28.8 Å². The fourth-order valence-corrected chi connectivity index (χ4v) is 1.72. The molecule has 0 atom stereocenters. The molecular weight excluding hydrogens is 266 g/mol. The van der Waals surface area contributed by atoms with E-state index in [-0.39, 0.29) is 0 Å². The van der Waals surface area contributed by atoms with Gasteiger partial charge in [-0.3, -0.25) is 0 Å². The smallest absolute Gasteiger partial charge is 0.123 e. The predicted molar refractivity (Wildman–Crippen MR) is 70.5 cm³/mol. The summed E-state index contributed by atoms with van der Waals surface area (Å²) in [5.41, 5.74) is 1.12. The minimum atomic E-state index is 0.569. The summed E-state index contributed by atoms with van der Waals surface area (Å²) < 4.78 is 6.71. The second-order valence-corrected chi connectivity index (χ2v) is 4.32. The summed E-state index contributed by atoms with van der Waals surface area (Å²) in [7, 11) is 0. The van der Waals surface area contributed by atoms with E-state index in [0.717, 1.165) is 35.4 Å². The van der Waals surface area contributed by atoms with Crippen molar-refractivity contribution in [2.24, 2.45) is 0 Å². The Labute approximate surface area is 106 Å². The summed E-state index contributed by atoms with van der Waals surface area (Å²) in [6, 6.07) is 6.01. The average molecular weight is 282 g/mol. The molecule has 0 bridgehead atoms. The number of ether oxygens (including phenoxy) is 1. The molecule has 16 heavy (non-hydrogen) atoms. The molecule has 0 aliphatic rings. The zero-order valence-electron chi connectivity index (χ0n) is 9.42. The highest BCUT2D eigenvalue weighted by Crippen LogP contribution is 2.23. The number of halogens is 1. The minimum absolute atomic E-state index is 0.569. The van der Waals surface area contributed by atoms with Gasteiger partial charge in [-0.2, -0.15) is 0 Å². The van der Waals surface area contributed by atoms with Crippen molar-refractivity contribution in [3.05, 3.63) is 28.2 Å². The highest BCUT2D eigenvalue weighted by Gasteiger charge is 2.03. The van der Waals surface area contributed by atoms with E-state index < -0.39 is 0 Å². The molecule has 0 aliphatic heterocycles. The Hall–Kier alpha value is -0.980. The van der Waals surface area contributed by atoms with Crippen LogP contribution in [0.25, 0.3) is 0 Å². The molecule has 0 unspecified atom stereocenters. The van der Waals surface area contributed by atoms with Gasteiger partial charge in [0.2, 0.25) is 0 Å². The van der Waals surface area contributed by atoms with Gasteiger partial charge >= 0.3 is 0 Å². The standard InChI is InChI=1S/C13H16BrNO/c1-3-7-15-10-11-9-12(14)5-6-13(11)16-8-4-2/h1,5-6,9,15H,4,7-8,10H2,2H3. The Balaban J connectivity index is 2.69. The molecule has 1 aromatic rings. The summed E-state index contributed by atoms with van der Waals surface area (Å²) in [6.45, 7) is 4.13. The zero-order chi connectivity index (χ0) is 11.8. The third-order valence-corrected chi connectivity index (χ3v) is 2.52. The van der Waals surface area contributed by atoms with Crippen molar-refractivity contribution in [2.75, 3.05) is 13.2 Å². The van der Waals surface area contributed by atoms with Gasteiger partial charge in [0.25, 0.3) is 0 Å². The van der Waals surface area contributed by atoms with E-state index in [0.29, 0.717) is 6.54 Å². The zero-order valence-corrected chi connectivity index (χ0v) is 11.0. The molecule has 1 N–H and O–H groups in total. The average Bonchev–Trinajstić information content (AvgIpc) is 2.28. The summed E-state index contributed by atoms with van der Waals surface area (Å²) >= 11 is 3.45. The number of rotatable bonds is 6. The van der Waals surface area contributed by atoms with Gasteiger partial charge in [-0.15, -0.1) is 6.42 Å². The Kier molecular flexibility index (Phi) is 5.99. The first kappa shape index (κ1) is 13.1. The van der Waals surface area contributed by atoms with Gasteiger partial charge in [-0.25, -0.2) is 0 Å². The lowest BCUT2D eigenvalue weighted by Crippen LogP contribution is -2.14. The van der Waals surface area contributed by atoms with E-state index >= 15 is 0 Å². The fourth-order valence-electron chi connectivity index (χ4n) is 1.31. The molecule has 0 amide bonds. The number of benzene rings is 1. The second kappa shape index (κ2) is 7.32. The van der Waals surface area contributed by atoms with Crippen LogP contribution in [0.3, 0.4) is 0 Å². The van der Waals surface area contributed by atoms with Crippen molar-refractivity contribution in [1.29, 1.82) is 0 Å². The maximum Gasteiger partial charge on any atom is 0.123 e. The first-order valence-corrected chi connectivity index (χ1v) is 6.12. The lowest BCUT2D eigenvalue weighted by molar-refractivity contribution is 0.313. The van der Waals surface area contributed by atoms with Gasteiger partial charge in [0.15, 0.2) is 0 Å². The Morgan fingerprint density at radius 2 is 2.31 bits per heavy atom. The molecule has 3 heteroatoms. The van der Waals surface area contributed by atoms with Crippen molar-refractivity contribution < 1.29 is 4.74 Å². The van der Waals surface area contributed by atoms with Crippen LogP contribution in [0.2, 0.25) is 0 Å². The molecule has 0 fully saturated rings. The van der Waals surface area contributed by atoms with E-state index in [9.17, 15) is 0 Å². The van der Waals surface area contributed by atoms with Crippen molar-refractivity contribution >= 4 is 15.9 Å². The third-order valence-electron chi connectivity index (χ3n) is 2.03. The Morgan fingerprint density at radius 1 is 1.50 bits per heavy atom. The first-order chi connectivity index (χ1) is 7.77. The van der Waals surface area contributed by atoms with Crippen LogP contribution in [0.15, 0.2) is 22.7 Å². The van der Waals surface area contributed by atoms with E-state index in [1.807, 2.05) is 12.1 Å². The monoisotopic (exact) mass is 281 g/mol. The van der Waals surface area contributed by atoms with Crippen LogP contribution in [0.1, 0.15) is 18.9 Å². The summed E-state index contributed by atoms with van der Waals surface area (Å²) in [6.07, 6.45) is 6.20. The van der Waals surface area contributed by atoms with E-state index in [1.54, 1.807) is 0 Å². The third kappa shape index (κ3) is 4.26. The number of nitrogens with one attached hydrogen (secondary N) is 1.